The average molecular weight is 245 g/mol. The smallest absolute Gasteiger partial charge is 0.133 e. The van der Waals surface area contributed by atoms with Gasteiger partial charge >= 0.3 is 0 Å². The summed E-state index contributed by atoms with van der Waals surface area (Å²) in [5, 5.41) is 0. The van der Waals surface area contributed by atoms with E-state index in [0.29, 0.717) is 12.4 Å². The molecule has 0 radical (unpaired) electrons. The van der Waals surface area contributed by atoms with Gasteiger partial charge in [0.05, 0.1) is 18.2 Å². The zero-order valence-electron chi connectivity index (χ0n) is 10.9. The number of hydrogen-bond acceptors (Lipinski definition) is 3. The molecule has 5 heteroatoms. The Labute approximate surface area is 107 Å². The lowest BCUT2D eigenvalue weighted by atomic mass is 10.3. The van der Waals surface area contributed by atoms with Gasteiger partial charge in [-0.15, -0.1) is 6.58 Å². The Hall–Kier alpha value is -2.04. The van der Waals surface area contributed by atoms with Crippen LogP contribution in [0.5, 0.6) is 0 Å². The number of rotatable bonds is 5. The normalized spacial score (nSPS) is 10.8. The van der Waals surface area contributed by atoms with Crippen molar-refractivity contribution in [2.24, 2.45) is 7.05 Å². The van der Waals surface area contributed by atoms with Crippen molar-refractivity contribution in [3.8, 4) is 11.4 Å². The van der Waals surface area contributed by atoms with E-state index >= 15 is 0 Å². The van der Waals surface area contributed by atoms with E-state index in [0.717, 1.165) is 30.1 Å². The van der Waals surface area contributed by atoms with E-state index in [-0.39, 0.29) is 0 Å². The number of allylic oxidation sites excluding steroid dienone is 1. The molecule has 2 rings (SSSR count). The van der Waals surface area contributed by atoms with Crippen LogP contribution in [0.15, 0.2) is 25.2 Å². The lowest BCUT2D eigenvalue weighted by molar-refractivity contribution is 0.724. The van der Waals surface area contributed by atoms with Crippen LogP contribution in [-0.4, -0.2) is 19.1 Å². The van der Waals surface area contributed by atoms with Crippen LogP contribution in [0, 0.1) is 0 Å². The fourth-order valence-corrected chi connectivity index (χ4v) is 2.03. The minimum Gasteiger partial charge on any atom is -0.383 e. The topological polar surface area (TPSA) is 61.7 Å². The Morgan fingerprint density at radius 3 is 2.83 bits per heavy atom. The number of hydrogen-bond donors (Lipinski definition) is 1. The van der Waals surface area contributed by atoms with Gasteiger partial charge in [0.2, 0.25) is 0 Å². The second-order valence-corrected chi connectivity index (χ2v) is 4.30. The van der Waals surface area contributed by atoms with E-state index < -0.39 is 0 Å². The highest BCUT2D eigenvalue weighted by molar-refractivity contribution is 5.68. The molecule has 2 heterocycles. The summed E-state index contributed by atoms with van der Waals surface area (Å²) in [6, 6.07) is 0. The van der Waals surface area contributed by atoms with E-state index in [1.165, 1.54) is 0 Å². The van der Waals surface area contributed by atoms with Crippen LogP contribution >= 0.6 is 0 Å². The summed E-state index contributed by atoms with van der Waals surface area (Å²) in [7, 11) is 1.94. The molecule has 0 aromatic carbocycles. The molecule has 0 aliphatic rings. The molecule has 2 aromatic rings. The standard InChI is InChI=1S/C13H19N5/c1-4-6-11-16-12(10-8-15-9-17(10)3)13(14)18(11)7-5-2/h5,8-9H,2,4,6-7,14H2,1,3H3. The highest BCUT2D eigenvalue weighted by Crippen LogP contribution is 2.26. The van der Waals surface area contributed by atoms with Crippen LogP contribution in [-0.2, 0) is 20.0 Å². The lowest BCUT2D eigenvalue weighted by Gasteiger charge is -2.05. The summed E-state index contributed by atoms with van der Waals surface area (Å²) >= 11 is 0. The summed E-state index contributed by atoms with van der Waals surface area (Å²) in [4.78, 5) is 8.76. The van der Waals surface area contributed by atoms with Crippen molar-refractivity contribution in [1.82, 2.24) is 19.1 Å². The molecule has 18 heavy (non-hydrogen) atoms. The van der Waals surface area contributed by atoms with Gasteiger partial charge in [-0.1, -0.05) is 13.0 Å². The van der Waals surface area contributed by atoms with Crippen LogP contribution in [0.3, 0.4) is 0 Å². The Morgan fingerprint density at radius 2 is 2.28 bits per heavy atom. The first-order valence-corrected chi connectivity index (χ1v) is 6.11. The number of nitrogens with two attached hydrogens (primary N) is 1. The first-order valence-electron chi connectivity index (χ1n) is 6.11. The SMILES string of the molecule is C=CCn1c(CCC)nc(-c2cncn2C)c1N. The maximum absolute atomic E-state index is 6.19. The summed E-state index contributed by atoms with van der Waals surface area (Å²) in [5.41, 5.74) is 7.94. The van der Waals surface area contributed by atoms with E-state index in [4.69, 9.17) is 5.73 Å². The molecule has 0 aliphatic carbocycles. The van der Waals surface area contributed by atoms with Crippen molar-refractivity contribution in [2.45, 2.75) is 26.3 Å². The van der Waals surface area contributed by atoms with Crippen LogP contribution in [0.25, 0.3) is 11.4 Å². The lowest BCUT2D eigenvalue weighted by Crippen LogP contribution is -2.06. The Morgan fingerprint density at radius 1 is 1.50 bits per heavy atom. The molecule has 0 spiro atoms. The highest BCUT2D eigenvalue weighted by atomic mass is 15.2. The van der Waals surface area contributed by atoms with Gasteiger partial charge in [0.25, 0.3) is 0 Å². The van der Waals surface area contributed by atoms with Crippen LogP contribution in [0.4, 0.5) is 5.82 Å². The van der Waals surface area contributed by atoms with Gasteiger partial charge in [0.1, 0.15) is 17.3 Å². The first kappa shape index (κ1) is 12.4. The molecule has 0 bridgehead atoms. The van der Waals surface area contributed by atoms with Gasteiger partial charge in [0, 0.05) is 20.0 Å². The molecule has 0 amide bonds. The van der Waals surface area contributed by atoms with Gasteiger partial charge in [-0.25, -0.2) is 9.97 Å². The number of aryl methyl sites for hydroxylation is 2. The van der Waals surface area contributed by atoms with Crippen molar-refractivity contribution >= 4 is 5.82 Å². The van der Waals surface area contributed by atoms with E-state index in [2.05, 4.69) is 23.5 Å². The van der Waals surface area contributed by atoms with Crippen molar-refractivity contribution in [3.05, 3.63) is 31.0 Å². The molecular weight excluding hydrogens is 226 g/mol. The molecule has 0 atom stereocenters. The minimum atomic E-state index is 0.682. The molecule has 96 valence electrons. The molecular formula is C13H19N5. The predicted octanol–water partition coefficient (Wildman–Crippen LogP) is 2.00. The molecule has 0 saturated carbocycles. The monoisotopic (exact) mass is 245 g/mol. The maximum Gasteiger partial charge on any atom is 0.133 e. The zero-order chi connectivity index (χ0) is 13.1. The minimum absolute atomic E-state index is 0.682. The Kier molecular flexibility index (Phi) is 3.50. The summed E-state index contributed by atoms with van der Waals surface area (Å²) in [5.74, 6) is 1.69. The highest BCUT2D eigenvalue weighted by Gasteiger charge is 2.16. The number of anilines is 1. The molecule has 0 saturated heterocycles. The zero-order valence-corrected chi connectivity index (χ0v) is 10.9. The van der Waals surface area contributed by atoms with Crippen LogP contribution in [0.2, 0.25) is 0 Å². The van der Waals surface area contributed by atoms with Gasteiger partial charge < -0.3 is 14.9 Å². The van der Waals surface area contributed by atoms with Gasteiger partial charge in [-0.3, -0.25) is 0 Å². The fourth-order valence-electron chi connectivity index (χ4n) is 2.03. The second-order valence-electron chi connectivity index (χ2n) is 4.30. The quantitative estimate of drug-likeness (QED) is 0.820. The third kappa shape index (κ3) is 2.03. The Bertz CT molecular complexity index is 550. The number of imidazole rings is 2. The molecule has 5 nitrogen and oxygen atoms in total. The largest absolute Gasteiger partial charge is 0.383 e. The maximum atomic E-state index is 6.19. The Balaban J connectivity index is 2.52. The van der Waals surface area contributed by atoms with Gasteiger partial charge in [-0.2, -0.15) is 0 Å². The summed E-state index contributed by atoms with van der Waals surface area (Å²) in [6.07, 6.45) is 7.33. The average Bonchev–Trinajstić information content (AvgIpc) is 2.88. The number of nitrogens with zero attached hydrogens (tertiary/aromatic N) is 4. The van der Waals surface area contributed by atoms with Crippen molar-refractivity contribution in [1.29, 1.82) is 0 Å². The number of nitrogen functional groups attached to an aromatic ring is 1. The molecule has 2 N–H and O–H groups in total. The van der Waals surface area contributed by atoms with Gasteiger partial charge in [-0.05, 0) is 6.42 Å². The molecule has 0 unspecified atom stereocenters. The fraction of sp³-hybridized carbons (Fsp3) is 0.385. The van der Waals surface area contributed by atoms with E-state index in [9.17, 15) is 0 Å². The van der Waals surface area contributed by atoms with Crippen molar-refractivity contribution < 1.29 is 0 Å². The molecule has 2 aromatic heterocycles. The van der Waals surface area contributed by atoms with Gasteiger partial charge in [0.15, 0.2) is 0 Å². The summed E-state index contributed by atoms with van der Waals surface area (Å²) in [6.45, 7) is 6.58. The summed E-state index contributed by atoms with van der Waals surface area (Å²) < 4.78 is 3.94. The predicted molar refractivity (Wildman–Crippen MR) is 73.0 cm³/mol. The van der Waals surface area contributed by atoms with Crippen LogP contribution in [0.1, 0.15) is 19.2 Å². The molecule has 0 fully saturated rings. The third-order valence-electron chi connectivity index (χ3n) is 2.93. The van der Waals surface area contributed by atoms with E-state index in [1.54, 1.807) is 12.5 Å². The van der Waals surface area contributed by atoms with E-state index in [1.807, 2.05) is 22.3 Å². The van der Waals surface area contributed by atoms with Crippen molar-refractivity contribution in [2.75, 3.05) is 5.73 Å². The third-order valence-corrected chi connectivity index (χ3v) is 2.93. The molecule has 0 aliphatic heterocycles. The number of aromatic nitrogens is 4. The van der Waals surface area contributed by atoms with Crippen LogP contribution < -0.4 is 5.73 Å². The second kappa shape index (κ2) is 5.08. The first-order chi connectivity index (χ1) is 8.69. The van der Waals surface area contributed by atoms with Crippen molar-refractivity contribution in [3.63, 3.8) is 0 Å².